The monoisotopic (exact) mass is 414 g/mol. The molecule has 1 atom stereocenters. The number of nitrogens with two attached hydrogens (primary N) is 1. The van der Waals surface area contributed by atoms with Crippen LogP contribution in [0.2, 0.25) is 5.02 Å². The van der Waals surface area contributed by atoms with Crippen molar-refractivity contribution in [2.45, 2.75) is 6.29 Å². The second-order valence-corrected chi connectivity index (χ2v) is 7.03. The fourth-order valence-corrected chi connectivity index (χ4v) is 3.38. The number of hydrogen-bond donors (Lipinski definition) is 2. The number of methoxy groups -OCH3 is 1. The van der Waals surface area contributed by atoms with E-state index >= 15 is 0 Å². The smallest absolute Gasteiger partial charge is 0.222 e. The van der Waals surface area contributed by atoms with Crippen LogP contribution in [0.15, 0.2) is 58.5 Å². The highest BCUT2D eigenvalue weighted by atomic mass is 35.5. The first kappa shape index (κ1) is 19.4. The highest BCUT2D eigenvalue weighted by Gasteiger charge is 2.32. The third-order valence-electron chi connectivity index (χ3n) is 4.71. The number of anilines is 2. The van der Waals surface area contributed by atoms with Crippen LogP contribution >= 0.6 is 11.6 Å². The Bertz CT molecular complexity index is 894. The molecule has 4 rings (SSSR count). The van der Waals surface area contributed by atoms with Crippen molar-refractivity contribution in [1.82, 2.24) is 4.90 Å². The summed E-state index contributed by atoms with van der Waals surface area (Å²) in [5.41, 5.74) is 7.87. The van der Waals surface area contributed by atoms with E-state index in [2.05, 4.69) is 20.2 Å². The minimum atomic E-state index is -0.472. The van der Waals surface area contributed by atoms with Gasteiger partial charge in [-0.2, -0.15) is 4.99 Å². The maximum Gasteiger partial charge on any atom is 0.222 e. The summed E-state index contributed by atoms with van der Waals surface area (Å²) < 4.78 is 10.8. The van der Waals surface area contributed by atoms with Gasteiger partial charge < -0.3 is 25.4 Å². The molecule has 3 N–H and O–H groups in total. The summed E-state index contributed by atoms with van der Waals surface area (Å²) >= 11 is 6.02. The van der Waals surface area contributed by atoms with E-state index in [1.807, 2.05) is 53.4 Å². The molecule has 0 aliphatic carbocycles. The molecule has 152 valence electrons. The molecular formula is C20H23ClN6O2. The van der Waals surface area contributed by atoms with E-state index in [1.165, 1.54) is 0 Å². The lowest BCUT2D eigenvalue weighted by Gasteiger charge is -2.41. The number of aliphatic imine (C=N–C) groups is 2. The number of rotatable bonds is 4. The Kier molecular flexibility index (Phi) is 5.73. The van der Waals surface area contributed by atoms with Gasteiger partial charge in [-0.15, -0.1) is 0 Å². The van der Waals surface area contributed by atoms with Crippen LogP contribution in [0.3, 0.4) is 0 Å². The highest BCUT2D eigenvalue weighted by molar-refractivity contribution is 6.30. The zero-order valence-electron chi connectivity index (χ0n) is 16.1. The SMILES string of the molecule is COc1ccc(N2C(N3CCOCC3)=NC(N)=NC2Nc2ccc(Cl)cc2)cc1. The molecule has 0 aromatic heterocycles. The van der Waals surface area contributed by atoms with Crippen LogP contribution in [0, 0.1) is 0 Å². The van der Waals surface area contributed by atoms with E-state index in [9.17, 15) is 0 Å². The molecule has 2 heterocycles. The van der Waals surface area contributed by atoms with Gasteiger partial charge in [0.2, 0.25) is 18.2 Å². The molecule has 1 saturated heterocycles. The normalized spacial score (nSPS) is 19.4. The van der Waals surface area contributed by atoms with Crippen LogP contribution in [0.5, 0.6) is 5.75 Å². The summed E-state index contributed by atoms with van der Waals surface area (Å²) in [7, 11) is 1.65. The zero-order chi connectivity index (χ0) is 20.2. The predicted octanol–water partition coefficient (Wildman–Crippen LogP) is 2.57. The first-order valence-electron chi connectivity index (χ1n) is 9.34. The van der Waals surface area contributed by atoms with Crippen LogP contribution in [-0.2, 0) is 4.74 Å². The Labute approximate surface area is 174 Å². The number of morpholine rings is 1. The van der Waals surface area contributed by atoms with Crippen molar-refractivity contribution in [2.24, 2.45) is 15.7 Å². The molecule has 0 amide bonds. The maximum absolute atomic E-state index is 6.08. The van der Waals surface area contributed by atoms with Crippen molar-refractivity contribution >= 4 is 34.9 Å². The quantitative estimate of drug-likeness (QED) is 0.799. The van der Waals surface area contributed by atoms with Gasteiger partial charge in [0.15, 0.2) is 0 Å². The second kappa shape index (κ2) is 8.59. The van der Waals surface area contributed by atoms with Gasteiger partial charge in [0, 0.05) is 29.5 Å². The average Bonchev–Trinajstić information content (AvgIpc) is 2.76. The van der Waals surface area contributed by atoms with Crippen molar-refractivity contribution in [3.8, 4) is 5.75 Å². The van der Waals surface area contributed by atoms with Crippen LogP contribution in [-0.4, -0.2) is 56.5 Å². The van der Waals surface area contributed by atoms with Crippen molar-refractivity contribution in [1.29, 1.82) is 0 Å². The average molecular weight is 415 g/mol. The Morgan fingerprint density at radius 2 is 1.79 bits per heavy atom. The molecule has 2 aromatic carbocycles. The number of guanidine groups is 2. The fourth-order valence-electron chi connectivity index (χ4n) is 3.26. The van der Waals surface area contributed by atoms with Crippen molar-refractivity contribution in [3.63, 3.8) is 0 Å². The van der Waals surface area contributed by atoms with Gasteiger partial charge in [0.1, 0.15) is 5.75 Å². The first-order valence-corrected chi connectivity index (χ1v) is 9.72. The molecule has 0 bridgehead atoms. The number of ether oxygens (including phenoxy) is 2. The lowest BCUT2D eigenvalue weighted by Crippen LogP contribution is -2.57. The van der Waals surface area contributed by atoms with Crippen LogP contribution in [0.4, 0.5) is 11.4 Å². The number of nitrogens with zero attached hydrogens (tertiary/aromatic N) is 4. The molecule has 2 aromatic rings. The lowest BCUT2D eigenvalue weighted by molar-refractivity contribution is 0.0671. The van der Waals surface area contributed by atoms with Crippen molar-refractivity contribution < 1.29 is 9.47 Å². The molecule has 0 spiro atoms. The molecule has 0 radical (unpaired) electrons. The maximum atomic E-state index is 6.08. The fraction of sp³-hybridized carbons (Fsp3) is 0.300. The molecule has 9 heteroatoms. The largest absolute Gasteiger partial charge is 0.497 e. The first-order chi connectivity index (χ1) is 14.1. The van der Waals surface area contributed by atoms with Crippen LogP contribution in [0.1, 0.15) is 0 Å². The number of benzene rings is 2. The molecule has 2 aliphatic heterocycles. The Morgan fingerprint density at radius 3 is 2.45 bits per heavy atom. The van der Waals surface area contributed by atoms with Gasteiger partial charge in [-0.1, -0.05) is 11.6 Å². The topological polar surface area (TPSA) is 87.7 Å². The Morgan fingerprint density at radius 1 is 1.10 bits per heavy atom. The summed E-state index contributed by atoms with van der Waals surface area (Å²) in [6.07, 6.45) is -0.472. The van der Waals surface area contributed by atoms with Gasteiger partial charge in [-0.05, 0) is 48.5 Å². The molecule has 29 heavy (non-hydrogen) atoms. The number of hydrogen-bond acceptors (Lipinski definition) is 8. The second-order valence-electron chi connectivity index (χ2n) is 6.59. The van der Waals surface area contributed by atoms with Gasteiger partial charge >= 0.3 is 0 Å². The molecule has 1 fully saturated rings. The van der Waals surface area contributed by atoms with E-state index in [0.717, 1.165) is 36.2 Å². The zero-order valence-corrected chi connectivity index (χ0v) is 16.8. The van der Waals surface area contributed by atoms with E-state index in [4.69, 9.17) is 26.8 Å². The number of nitrogens with one attached hydrogen (secondary N) is 1. The minimum Gasteiger partial charge on any atom is -0.497 e. The third kappa shape index (κ3) is 4.38. The van der Waals surface area contributed by atoms with Gasteiger partial charge in [-0.3, -0.25) is 4.90 Å². The number of halogens is 1. The van der Waals surface area contributed by atoms with Gasteiger partial charge in [0.05, 0.1) is 20.3 Å². The lowest BCUT2D eigenvalue weighted by atomic mass is 10.2. The Hall–Kier alpha value is -2.97. The van der Waals surface area contributed by atoms with Gasteiger partial charge in [0.25, 0.3) is 0 Å². The van der Waals surface area contributed by atoms with Crippen molar-refractivity contribution in [3.05, 3.63) is 53.6 Å². The molecular weight excluding hydrogens is 392 g/mol. The van der Waals surface area contributed by atoms with Gasteiger partial charge in [-0.25, -0.2) is 4.99 Å². The third-order valence-corrected chi connectivity index (χ3v) is 4.97. The predicted molar refractivity (Wildman–Crippen MR) is 116 cm³/mol. The molecule has 8 nitrogen and oxygen atoms in total. The molecule has 0 saturated carbocycles. The minimum absolute atomic E-state index is 0.225. The highest BCUT2D eigenvalue weighted by Crippen LogP contribution is 2.26. The van der Waals surface area contributed by atoms with Crippen LogP contribution < -0.4 is 20.7 Å². The van der Waals surface area contributed by atoms with Crippen molar-refractivity contribution in [2.75, 3.05) is 43.6 Å². The molecule has 1 unspecified atom stereocenters. The molecule has 2 aliphatic rings. The standard InChI is InChI=1S/C20H23ClN6O2/c1-28-17-8-6-16(7-9-17)27-19(23-15-4-2-14(21)3-5-15)24-18(22)25-20(27)26-10-12-29-13-11-26/h2-9,19,23H,10-13H2,1H3,(H2,22,24). The summed E-state index contributed by atoms with van der Waals surface area (Å²) in [5.74, 6) is 1.74. The summed E-state index contributed by atoms with van der Waals surface area (Å²) in [6, 6.07) is 15.2. The van der Waals surface area contributed by atoms with E-state index in [-0.39, 0.29) is 5.96 Å². The van der Waals surface area contributed by atoms with E-state index in [1.54, 1.807) is 7.11 Å². The van der Waals surface area contributed by atoms with E-state index in [0.29, 0.717) is 18.2 Å². The van der Waals surface area contributed by atoms with E-state index < -0.39 is 6.29 Å². The summed E-state index contributed by atoms with van der Waals surface area (Å²) in [4.78, 5) is 13.3. The summed E-state index contributed by atoms with van der Waals surface area (Å²) in [5, 5.41) is 4.09. The summed E-state index contributed by atoms with van der Waals surface area (Å²) in [6.45, 7) is 2.74. The Balaban J connectivity index is 1.70. The van der Waals surface area contributed by atoms with Crippen LogP contribution in [0.25, 0.3) is 0 Å².